The number of nitrogens with zero attached hydrogens (tertiary/aromatic N) is 6. The molecule has 2 aromatic heterocycles. The molecule has 1 amide bonds. The van der Waals surface area contributed by atoms with Gasteiger partial charge in [0.15, 0.2) is 5.82 Å². The molecule has 3 heterocycles. The lowest BCUT2D eigenvalue weighted by molar-refractivity contribution is -0.126. The molecule has 0 radical (unpaired) electrons. The number of hydrogen-bond acceptors (Lipinski definition) is 9. The number of hydrazine groups is 1. The van der Waals surface area contributed by atoms with Crippen molar-refractivity contribution in [1.29, 1.82) is 0 Å². The third kappa shape index (κ3) is 3.35. The van der Waals surface area contributed by atoms with E-state index in [-0.39, 0.29) is 24.0 Å². The summed E-state index contributed by atoms with van der Waals surface area (Å²) in [6.45, 7) is 4.32. The molecule has 3 unspecified atom stereocenters. The van der Waals surface area contributed by atoms with Crippen LogP contribution in [0.2, 0.25) is 0 Å². The number of carbonyl (C=O) groups is 1. The molecular formula is C12H19N9O2. The standard InChI is InChI=1S/C12H19N9O2/c1-3-4-9-16-12(23-18-9)7(2)15-11(22)8-5-13-17-10(8)21-6-14-19-20-21/h6-8,10,13,17H,3-5H2,1-2H3,(H,15,22). The lowest BCUT2D eigenvalue weighted by Gasteiger charge is -2.18. The third-order valence-corrected chi connectivity index (χ3v) is 3.63. The first-order chi connectivity index (χ1) is 11.2. The van der Waals surface area contributed by atoms with Crippen molar-refractivity contribution in [3.8, 4) is 0 Å². The minimum Gasteiger partial charge on any atom is -0.344 e. The van der Waals surface area contributed by atoms with E-state index in [4.69, 9.17) is 4.52 Å². The van der Waals surface area contributed by atoms with E-state index in [2.05, 4.69) is 41.8 Å². The van der Waals surface area contributed by atoms with Crippen molar-refractivity contribution in [1.82, 2.24) is 46.5 Å². The maximum Gasteiger partial charge on any atom is 0.248 e. The second kappa shape index (κ2) is 6.79. The van der Waals surface area contributed by atoms with Crippen molar-refractivity contribution in [2.24, 2.45) is 5.92 Å². The number of hydrogen-bond donors (Lipinski definition) is 3. The minimum atomic E-state index is -0.365. The molecule has 0 spiro atoms. The van der Waals surface area contributed by atoms with E-state index in [9.17, 15) is 4.79 Å². The molecule has 1 fully saturated rings. The molecule has 1 aliphatic rings. The van der Waals surface area contributed by atoms with Gasteiger partial charge in [0.1, 0.15) is 18.5 Å². The summed E-state index contributed by atoms with van der Waals surface area (Å²) in [6.07, 6.45) is 2.80. The molecule has 11 heteroatoms. The first-order valence-electron chi connectivity index (χ1n) is 7.52. The van der Waals surface area contributed by atoms with Crippen LogP contribution in [0.5, 0.6) is 0 Å². The van der Waals surface area contributed by atoms with Crippen LogP contribution in [0.3, 0.4) is 0 Å². The molecule has 1 aliphatic heterocycles. The number of carbonyl (C=O) groups excluding carboxylic acids is 1. The second-order valence-electron chi connectivity index (χ2n) is 5.40. The SMILES string of the molecule is CCCc1noc(C(C)NC(=O)C2CNNC2n2cnnn2)n1. The van der Waals surface area contributed by atoms with Gasteiger partial charge in [-0.2, -0.15) is 4.98 Å². The minimum absolute atomic E-state index is 0.147. The van der Waals surface area contributed by atoms with Gasteiger partial charge in [0.2, 0.25) is 11.8 Å². The Balaban J connectivity index is 1.63. The topological polar surface area (TPSA) is 136 Å². The number of aryl methyl sites for hydroxylation is 1. The fourth-order valence-electron chi connectivity index (χ4n) is 2.42. The summed E-state index contributed by atoms with van der Waals surface area (Å²) in [4.78, 5) is 16.8. The van der Waals surface area contributed by atoms with Crippen LogP contribution < -0.4 is 16.2 Å². The van der Waals surface area contributed by atoms with E-state index in [1.165, 1.54) is 11.0 Å². The molecule has 3 rings (SSSR count). The van der Waals surface area contributed by atoms with Crippen molar-refractivity contribution in [2.45, 2.75) is 38.9 Å². The Kier molecular flexibility index (Phi) is 4.57. The number of amides is 1. The highest BCUT2D eigenvalue weighted by Crippen LogP contribution is 2.19. The second-order valence-corrected chi connectivity index (χ2v) is 5.40. The first kappa shape index (κ1) is 15.5. The molecule has 0 saturated carbocycles. The van der Waals surface area contributed by atoms with Crippen LogP contribution in [-0.2, 0) is 11.2 Å². The maximum atomic E-state index is 12.5. The van der Waals surface area contributed by atoms with Gasteiger partial charge in [0.25, 0.3) is 0 Å². The smallest absolute Gasteiger partial charge is 0.248 e. The van der Waals surface area contributed by atoms with Crippen molar-refractivity contribution in [2.75, 3.05) is 6.54 Å². The fourth-order valence-corrected chi connectivity index (χ4v) is 2.42. The van der Waals surface area contributed by atoms with Crippen molar-refractivity contribution in [3.05, 3.63) is 18.0 Å². The molecule has 3 N–H and O–H groups in total. The van der Waals surface area contributed by atoms with Gasteiger partial charge in [-0.1, -0.05) is 12.1 Å². The lowest BCUT2D eigenvalue weighted by atomic mass is 10.1. The monoisotopic (exact) mass is 321 g/mol. The first-order valence-corrected chi connectivity index (χ1v) is 7.52. The number of aromatic nitrogens is 6. The van der Waals surface area contributed by atoms with Gasteiger partial charge in [-0.15, -0.1) is 5.10 Å². The Bertz CT molecular complexity index is 641. The maximum absolute atomic E-state index is 12.5. The Morgan fingerprint density at radius 3 is 3.22 bits per heavy atom. The van der Waals surface area contributed by atoms with Gasteiger partial charge < -0.3 is 9.84 Å². The van der Waals surface area contributed by atoms with Crippen LogP contribution in [-0.4, -0.2) is 42.8 Å². The summed E-state index contributed by atoms with van der Waals surface area (Å²) in [6, 6.07) is -0.365. The zero-order chi connectivity index (χ0) is 16.2. The molecule has 11 nitrogen and oxygen atoms in total. The van der Waals surface area contributed by atoms with Gasteiger partial charge in [0.05, 0.1) is 5.92 Å². The molecule has 124 valence electrons. The fraction of sp³-hybridized carbons (Fsp3) is 0.667. The molecule has 0 aromatic carbocycles. The van der Waals surface area contributed by atoms with Gasteiger partial charge in [0, 0.05) is 13.0 Å². The lowest BCUT2D eigenvalue weighted by Crippen LogP contribution is -2.38. The Labute approximate surface area is 132 Å². The predicted octanol–water partition coefficient (Wildman–Crippen LogP) is -0.891. The molecule has 2 aromatic rings. The number of tetrazole rings is 1. The average molecular weight is 321 g/mol. The van der Waals surface area contributed by atoms with Gasteiger partial charge in [-0.3, -0.25) is 10.2 Å². The Morgan fingerprint density at radius 1 is 1.61 bits per heavy atom. The van der Waals surface area contributed by atoms with Crippen molar-refractivity contribution >= 4 is 5.91 Å². The van der Waals surface area contributed by atoms with E-state index in [0.717, 1.165) is 12.8 Å². The summed E-state index contributed by atoms with van der Waals surface area (Å²) < 4.78 is 6.70. The van der Waals surface area contributed by atoms with Gasteiger partial charge in [-0.05, 0) is 23.8 Å². The van der Waals surface area contributed by atoms with E-state index in [1.54, 1.807) is 0 Å². The Morgan fingerprint density at radius 2 is 2.48 bits per heavy atom. The largest absolute Gasteiger partial charge is 0.344 e. The summed E-state index contributed by atoms with van der Waals surface area (Å²) >= 11 is 0. The van der Waals surface area contributed by atoms with Crippen LogP contribution in [0.1, 0.15) is 44.2 Å². The zero-order valence-corrected chi connectivity index (χ0v) is 12.9. The summed E-state index contributed by atoms with van der Waals surface area (Å²) in [5.41, 5.74) is 5.93. The Hall–Kier alpha value is -2.40. The van der Waals surface area contributed by atoms with Crippen LogP contribution in [0, 0.1) is 5.92 Å². The predicted molar refractivity (Wildman–Crippen MR) is 76.3 cm³/mol. The molecule has 0 bridgehead atoms. The average Bonchev–Trinajstić information content (AvgIpc) is 3.27. The van der Waals surface area contributed by atoms with E-state index < -0.39 is 0 Å². The highest BCUT2D eigenvalue weighted by atomic mass is 16.5. The molecule has 23 heavy (non-hydrogen) atoms. The van der Waals surface area contributed by atoms with Crippen LogP contribution >= 0.6 is 0 Å². The van der Waals surface area contributed by atoms with Gasteiger partial charge in [-0.25, -0.2) is 10.1 Å². The molecule has 3 atom stereocenters. The normalized spacial score (nSPS) is 22.2. The molecule has 0 aliphatic carbocycles. The highest BCUT2D eigenvalue weighted by Gasteiger charge is 2.36. The summed E-state index contributed by atoms with van der Waals surface area (Å²) in [7, 11) is 0. The molecule has 1 saturated heterocycles. The van der Waals surface area contributed by atoms with E-state index >= 15 is 0 Å². The van der Waals surface area contributed by atoms with E-state index in [1.807, 2.05) is 13.8 Å². The number of nitrogens with one attached hydrogen (secondary N) is 3. The van der Waals surface area contributed by atoms with Gasteiger partial charge >= 0.3 is 0 Å². The summed E-state index contributed by atoms with van der Waals surface area (Å²) in [5, 5.41) is 17.8. The quantitative estimate of drug-likeness (QED) is 0.619. The highest BCUT2D eigenvalue weighted by molar-refractivity contribution is 5.80. The van der Waals surface area contributed by atoms with Crippen molar-refractivity contribution < 1.29 is 9.32 Å². The van der Waals surface area contributed by atoms with Crippen molar-refractivity contribution in [3.63, 3.8) is 0 Å². The zero-order valence-electron chi connectivity index (χ0n) is 12.9. The third-order valence-electron chi connectivity index (χ3n) is 3.63. The van der Waals surface area contributed by atoms with Crippen LogP contribution in [0.25, 0.3) is 0 Å². The number of rotatable bonds is 6. The van der Waals surface area contributed by atoms with E-state index in [0.29, 0.717) is 18.3 Å². The van der Waals surface area contributed by atoms with Crippen LogP contribution in [0.15, 0.2) is 10.9 Å². The molecular weight excluding hydrogens is 302 g/mol. The van der Waals surface area contributed by atoms with Crippen LogP contribution in [0.4, 0.5) is 0 Å². The summed E-state index contributed by atoms with van der Waals surface area (Å²) in [5.74, 6) is 0.545.